The molecule has 3 heterocycles. The van der Waals surface area contributed by atoms with Crippen molar-refractivity contribution in [2.75, 3.05) is 53.0 Å². The molecule has 9 heteroatoms. The molecular weight excluding hydrogens is 338 g/mol. The first-order valence-electron chi connectivity index (χ1n) is 9.48. The van der Waals surface area contributed by atoms with Crippen molar-refractivity contribution in [1.29, 1.82) is 0 Å². The van der Waals surface area contributed by atoms with Crippen LogP contribution in [0.2, 0.25) is 0 Å². The van der Waals surface area contributed by atoms with Gasteiger partial charge in [0.15, 0.2) is 0 Å². The third-order valence-corrected chi connectivity index (χ3v) is 5.03. The molecule has 3 rings (SSSR count). The number of hydrogen-bond acceptors (Lipinski definition) is 7. The van der Waals surface area contributed by atoms with E-state index in [4.69, 9.17) is 9.47 Å². The number of nitro groups is 1. The van der Waals surface area contributed by atoms with E-state index in [0.29, 0.717) is 25.8 Å². The van der Waals surface area contributed by atoms with Crippen molar-refractivity contribution in [3.8, 4) is 6.01 Å². The van der Waals surface area contributed by atoms with E-state index in [1.807, 2.05) is 0 Å². The number of likely N-dealkylation sites (N-methyl/N-ethyl adjacent to an activating group) is 1. The summed E-state index contributed by atoms with van der Waals surface area (Å²) in [4.78, 5) is 19.0. The highest BCUT2D eigenvalue weighted by molar-refractivity contribution is 5.21. The molecular formula is C17H29N5O4. The predicted molar refractivity (Wildman–Crippen MR) is 96.5 cm³/mol. The van der Waals surface area contributed by atoms with Gasteiger partial charge in [-0.25, -0.2) is 0 Å². The second-order valence-electron chi connectivity index (χ2n) is 7.15. The fraction of sp³-hybridized carbons (Fsp3) is 0.824. The highest BCUT2D eigenvalue weighted by Gasteiger charge is 2.28. The Hall–Kier alpha value is -1.71. The Morgan fingerprint density at radius 2 is 2.04 bits per heavy atom. The lowest BCUT2D eigenvalue weighted by atomic mass is 10.2. The van der Waals surface area contributed by atoms with Crippen LogP contribution in [0.15, 0.2) is 6.20 Å². The highest BCUT2D eigenvalue weighted by atomic mass is 16.6. The van der Waals surface area contributed by atoms with Crippen LogP contribution >= 0.6 is 0 Å². The van der Waals surface area contributed by atoms with Gasteiger partial charge in [-0.15, -0.1) is 0 Å². The molecule has 0 amide bonds. The maximum Gasteiger partial charge on any atom is 0.414 e. The average Bonchev–Trinajstić information content (AvgIpc) is 3.06. The molecule has 1 atom stereocenters. The molecule has 1 aromatic rings. The molecule has 0 aliphatic carbocycles. The molecule has 146 valence electrons. The standard InChI is InChI=1S/C17H29N5O4/c1-19-7-9-20(10-8-19)6-4-2-3-5-11-25-15-12-21-13-16(22(23)24)18-17(21)26-14-15/h13,15H,2-12,14H2,1H3. The van der Waals surface area contributed by atoms with Crippen LogP contribution in [0.25, 0.3) is 0 Å². The van der Waals surface area contributed by atoms with E-state index < -0.39 is 4.92 Å². The molecule has 1 unspecified atom stereocenters. The number of piperazine rings is 1. The average molecular weight is 367 g/mol. The normalized spacial score (nSPS) is 21.3. The lowest BCUT2D eigenvalue weighted by Crippen LogP contribution is -2.44. The maximum atomic E-state index is 10.8. The molecule has 0 radical (unpaired) electrons. The zero-order valence-corrected chi connectivity index (χ0v) is 15.5. The van der Waals surface area contributed by atoms with Gasteiger partial charge < -0.3 is 29.4 Å². The Bertz CT molecular complexity index is 586. The summed E-state index contributed by atoms with van der Waals surface area (Å²) in [6, 6.07) is 0.306. The van der Waals surface area contributed by atoms with Crippen molar-refractivity contribution in [2.24, 2.45) is 0 Å². The van der Waals surface area contributed by atoms with Crippen molar-refractivity contribution in [2.45, 2.75) is 38.3 Å². The summed E-state index contributed by atoms with van der Waals surface area (Å²) in [5.74, 6) is -0.180. The van der Waals surface area contributed by atoms with Crippen molar-refractivity contribution in [1.82, 2.24) is 19.4 Å². The van der Waals surface area contributed by atoms with Crippen LogP contribution < -0.4 is 4.74 Å². The van der Waals surface area contributed by atoms with Gasteiger partial charge in [0.05, 0.1) is 6.54 Å². The van der Waals surface area contributed by atoms with Crippen LogP contribution in [0.1, 0.15) is 25.7 Å². The van der Waals surface area contributed by atoms with Gasteiger partial charge in [0, 0.05) is 37.8 Å². The Morgan fingerprint density at radius 3 is 2.81 bits per heavy atom. The van der Waals surface area contributed by atoms with Crippen molar-refractivity contribution >= 4 is 5.82 Å². The molecule has 0 saturated carbocycles. The number of ether oxygens (including phenoxy) is 2. The topological polar surface area (TPSA) is 85.9 Å². The zero-order valence-electron chi connectivity index (χ0n) is 15.5. The Kier molecular flexibility index (Phi) is 6.81. The van der Waals surface area contributed by atoms with Crippen LogP contribution in [0, 0.1) is 10.1 Å². The summed E-state index contributed by atoms with van der Waals surface area (Å²) in [6.07, 6.45) is 6.02. The minimum absolute atomic E-state index is 0.0679. The van der Waals surface area contributed by atoms with Crippen molar-refractivity contribution in [3.05, 3.63) is 16.3 Å². The Morgan fingerprint density at radius 1 is 1.27 bits per heavy atom. The number of hydrogen-bond donors (Lipinski definition) is 0. The van der Waals surface area contributed by atoms with E-state index in [1.165, 1.54) is 58.2 Å². The fourth-order valence-electron chi connectivity index (χ4n) is 3.37. The fourth-order valence-corrected chi connectivity index (χ4v) is 3.37. The van der Waals surface area contributed by atoms with Crippen LogP contribution in [-0.2, 0) is 11.3 Å². The van der Waals surface area contributed by atoms with Gasteiger partial charge in [-0.05, 0) is 31.4 Å². The van der Waals surface area contributed by atoms with Crippen LogP contribution in [0.4, 0.5) is 5.82 Å². The molecule has 1 saturated heterocycles. The first-order chi connectivity index (χ1) is 12.6. The summed E-state index contributed by atoms with van der Waals surface area (Å²) in [6.45, 7) is 7.60. The predicted octanol–water partition coefficient (Wildman–Crippen LogP) is 1.38. The van der Waals surface area contributed by atoms with Gasteiger partial charge in [0.2, 0.25) is 0 Å². The highest BCUT2D eigenvalue weighted by Crippen LogP contribution is 2.22. The molecule has 2 aliphatic heterocycles. The molecule has 9 nitrogen and oxygen atoms in total. The smallest absolute Gasteiger partial charge is 0.414 e. The summed E-state index contributed by atoms with van der Waals surface area (Å²) in [7, 11) is 2.18. The molecule has 26 heavy (non-hydrogen) atoms. The maximum absolute atomic E-state index is 10.8. The number of rotatable bonds is 9. The Labute approximate surface area is 154 Å². The summed E-state index contributed by atoms with van der Waals surface area (Å²) >= 11 is 0. The van der Waals surface area contributed by atoms with Gasteiger partial charge in [-0.3, -0.25) is 4.57 Å². The lowest BCUT2D eigenvalue weighted by molar-refractivity contribution is -0.389. The van der Waals surface area contributed by atoms with Gasteiger partial charge in [0.25, 0.3) is 0 Å². The molecule has 1 fully saturated rings. The van der Waals surface area contributed by atoms with E-state index in [9.17, 15) is 10.1 Å². The molecule has 0 bridgehead atoms. The summed E-state index contributed by atoms with van der Waals surface area (Å²) in [5, 5.41) is 10.8. The summed E-state index contributed by atoms with van der Waals surface area (Å²) < 4.78 is 13.0. The number of aromatic nitrogens is 2. The SMILES string of the molecule is CN1CCN(CCCCCCOC2COc3nc([N+](=O)[O-])cn3C2)CC1. The largest absolute Gasteiger partial charge is 0.443 e. The molecule has 0 N–H and O–H groups in total. The van der Waals surface area contributed by atoms with Crippen LogP contribution in [0.3, 0.4) is 0 Å². The van der Waals surface area contributed by atoms with Gasteiger partial charge in [-0.2, -0.15) is 0 Å². The quantitative estimate of drug-likeness (QED) is 0.370. The number of nitrogens with zero attached hydrogens (tertiary/aromatic N) is 5. The number of imidazole rings is 1. The third-order valence-electron chi connectivity index (χ3n) is 5.03. The minimum atomic E-state index is -0.507. The molecule has 2 aliphatic rings. The Balaban J connectivity index is 1.24. The van der Waals surface area contributed by atoms with Crippen molar-refractivity contribution in [3.63, 3.8) is 0 Å². The lowest BCUT2D eigenvalue weighted by Gasteiger charge is -2.32. The van der Waals surface area contributed by atoms with Crippen LogP contribution in [0.5, 0.6) is 6.01 Å². The van der Waals surface area contributed by atoms with Gasteiger partial charge in [-0.1, -0.05) is 12.8 Å². The second-order valence-corrected chi connectivity index (χ2v) is 7.15. The van der Waals surface area contributed by atoms with E-state index in [0.717, 1.165) is 6.42 Å². The third kappa shape index (κ3) is 5.39. The van der Waals surface area contributed by atoms with E-state index >= 15 is 0 Å². The number of unbranched alkanes of at least 4 members (excludes halogenated alkanes) is 3. The van der Waals surface area contributed by atoms with E-state index in [2.05, 4.69) is 21.8 Å². The van der Waals surface area contributed by atoms with Crippen LogP contribution in [-0.4, -0.2) is 83.4 Å². The molecule has 0 spiro atoms. The monoisotopic (exact) mass is 367 g/mol. The molecule has 1 aromatic heterocycles. The molecule has 0 aromatic carbocycles. The first kappa shape index (κ1) is 19.1. The van der Waals surface area contributed by atoms with Gasteiger partial charge in [0.1, 0.15) is 18.9 Å². The van der Waals surface area contributed by atoms with E-state index in [-0.39, 0.29) is 11.9 Å². The number of fused-ring (bicyclic) bond motifs is 1. The first-order valence-corrected chi connectivity index (χ1v) is 9.48. The zero-order chi connectivity index (χ0) is 18.4. The van der Waals surface area contributed by atoms with E-state index in [1.54, 1.807) is 4.57 Å². The second kappa shape index (κ2) is 9.29. The minimum Gasteiger partial charge on any atom is -0.443 e. The van der Waals surface area contributed by atoms with Crippen molar-refractivity contribution < 1.29 is 14.4 Å². The van der Waals surface area contributed by atoms with Gasteiger partial charge >= 0.3 is 11.8 Å². The summed E-state index contributed by atoms with van der Waals surface area (Å²) in [5.41, 5.74) is 0.